The van der Waals surface area contributed by atoms with Crippen LogP contribution in [0.3, 0.4) is 0 Å². The van der Waals surface area contributed by atoms with Crippen LogP contribution in [0.2, 0.25) is 0 Å². The SMILES string of the molecule is O=C1/C(=C\c2ccc(O)c([N+](=O)[O-])c2)Oc2cc(O)ccc21. The number of phenolic OH excluding ortho intramolecular Hbond substituents is 2. The number of phenols is 2. The Bertz CT molecular complexity index is 840. The normalized spacial score (nSPS) is 14.7. The summed E-state index contributed by atoms with van der Waals surface area (Å²) in [6.45, 7) is 0. The molecule has 0 amide bonds. The number of carbonyl (C=O) groups is 1. The monoisotopic (exact) mass is 299 g/mol. The van der Waals surface area contributed by atoms with E-state index in [1.54, 1.807) is 0 Å². The molecule has 0 atom stereocenters. The molecule has 2 aromatic rings. The highest BCUT2D eigenvalue weighted by Crippen LogP contribution is 2.35. The number of hydrogen-bond acceptors (Lipinski definition) is 6. The summed E-state index contributed by atoms with van der Waals surface area (Å²) >= 11 is 0. The zero-order valence-electron chi connectivity index (χ0n) is 11.0. The van der Waals surface area contributed by atoms with E-state index in [2.05, 4.69) is 0 Å². The van der Waals surface area contributed by atoms with Crippen molar-refractivity contribution in [3.63, 3.8) is 0 Å². The van der Waals surface area contributed by atoms with Gasteiger partial charge in [-0.15, -0.1) is 0 Å². The van der Waals surface area contributed by atoms with E-state index < -0.39 is 16.4 Å². The summed E-state index contributed by atoms with van der Waals surface area (Å²) in [7, 11) is 0. The molecule has 0 unspecified atom stereocenters. The van der Waals surface area contributed by atoms with Crippen molar-refractivity contribution < 1.29 is 24.7 Å². The maximum Gasteiger partial charge on any atom is 0.311 e. The van der Waals surface area contributed by atoms with E-state index in [9.17, 15) is 25.1 Å². The van der Waals surface area contributed by atoms with Crippen LogP contribution >= 0.6 is 0 Å². The summed E-state index contributed by atoms with van der Waals surface area (Å²) in [4.78, 5) is 22.2. The molecular weight excluding hydrogens is 290 g/mol. The second kappa shape index (κ2) is 4.88. The van der Waals surface area contributed by atoms with Crippen molar-refractivity contribution in [2.24, 2.45) is 0 Å². The first-order valence-electron chi connectivity index (χ1n) is 6.20. The van der Waals surface area contributed by atoms with Crippen LogP contribution in [0.15, 0.2) is 42.2 Å². The van der Waals surface area contributed by atoms with E-state index in [4.69, 9.17) is 4.74 Å². The van der Waals surface area contributed by atoms with Crippen molar-refractivity contribution >= 4 is 17.5 Å². The van der Waals surface area contributed by atoms with Crippen LogP contribution < -0.4 is 4.74 Å². The summed E-state index contributed by atoms with van der Waals surface area (Å²) < 4.78 is 5.35. The van der Waals surface area contributed by atoms with Gasteiger partial charge in [-0.2, -0.15) is 0 Å². The number of ether oxygens (including phenoxy) is 1. The second-order valence-corrected chi connectivity index (χ2v) is 4.63. The predicted molar refractivity (Wildman–Crippen MR) is 75.8 cm³/mol. The Hall–Kier alpha value is -3.35. The molecule has 0 aliphatic carbocycles. The minimum absolute atomic E-state index is 0.0133. The molecule has 0 saturated heterocycles. The first-order valence-corrected chi connectivity index (χ1v) is 6.20. The van der Waals surface area contributed by atoms with Crippen LogP contribution in [-0.4, -0.2) is 20.9 Å². The molecule has 22 heavy (non-hydrogen) atoms. The van der Waals surface area contributed by atoms with Crippen LogP contribution in [0, 0.1) is 10.1 Å². The third-order valence-electron chi connectivity index (χ3n) is 3.15. The summed E-state index contributed by atoms with van der Waals surface area (Å²) in [6.07, 6.45) is 1.34. The Morgan fingerprint density at radius 1 is 1.14 bits per heavy atom. The van der Waals surface area contributed by atoms with Gasteiger partial charge in [0.15, 0.2) is 11.5 Å². The molecule has 7 heteroatoms. The third-order valence-corrected chi connectivity index (χ3v) is 3.15. The van der Waals surface area contributed by atoms with Gasteiger partial charge in [0.05, 0.1) is 10.5 Å². The fourth-order valence-corrected chi connectivity index (χ4v) is 2.10. The molecule has 1 aliphatic heterocycles. The maximum atomic E-state index is 12.1. The van der Waals surface area contributed by atoms with Crippen molar-refractivity contribution in [3.8, 4) is 17.2 Å². The van der Waals surface area contributed by atoms with E-state index in [-0.39, 0.29) is 23.0 Å². The lowest BCUT2D eigenvalue weighted by Crippen LogP contribution is -1.98. The van der Waals surface area contributed by atoms with Crippen molar-refractivity contribution in [2.45, 2.75) is 0 Å². The van der Waals surface area contributed by atoms with E-state index in [1.807, 2.05) is 0 Å². The number of Topliss-reactive ketones (excluding diaryl/α,β-unsaturated/α-hetero) is 1. The molecule has 110 valence electrons. The highest BCUT2D eigenvalue weighted by Gasteiger charge is 2.27. The average molecular weight is 299 g/mol. The minimum atomic E-state index is -0.721. The van der Waals surface area contributed by atoms with Gasteiger partial charge in [0.25, 0.3) is 0 Å². The van der Waals surface area contributed by atoms with Crippen LogP contribution in [-0.2, 0) is 0 Å². The first-order chi connectivity index (χ1) is 10.5. The number of nitrogens with zero attached hydrogens (tertiary/aromatic N) is 1. The third kappa shape index (κ3) is 2.24. The Morgan fingerprint density at radius 3 is 2.64 bits per heavy atom. The number of hydrogen-bond donors (Lipinski definition) is 2. The van der Waals surface area contributed by atoms with Crippen LogP contribution in [0.25, 0.3) is 6.08 Å². The predicted octanol–water partition coefficient (Wildman–Crippen LogP) is 2.62. The molecular formula is C15H9NO6. The van der Waals surface area contributed by atoms with Gasteiger partial charge in [0, 0.05) is 12.1 Å². The van der Waals surface area contributed by atoms with Crippen molar-refractivity contribution in [3.05, 3.63) is 63.4 Å². The van der Waals surface area contributed by atoms with E-state index in [0.717, 1.165) is 6.07 Å². The Labute approximate surface area is 123 Å². The number of nitro groups is 1. The average Bonchev–Trinajstić information content (AvgIpc) is 2.76. The lowest BCUT2D eigenvalue weighted by Gasteiger charge is -2.00. The molecule has 0 fully saturated rings. The molecule has 7 nitrogen and oxygen atoms in total. The van der Waals surface area contributed by atoms with E-state index in [1.165, 1.54) is 36.4 Å². The standard InChI is InChI=1S/C15H9NO6/c17-9-2-3-10-13(7-9)22-14(15(10)19)6-8-1-4-12(18)11(5-8)16(20)21/h1-7,17-18H/b14-6+. The fraction of sp³-hybridized carbons (Fsp3) is 0. The van der Waals surface area contributed by atoms with Crippen LogP contribution in [0.4, 0.5) is 5.69 Å². The quantitative estimate of drug-likeness (QED) is 0.501. The van der Waals surface area contributed by atoms with Crippen molar-refractivity contribution in [2.75, 3.05) is 0 Å². The highest BCUT2D eigenvalue weighted by molar-refractivity contribution is 6.14. The van der Waals surface area contributed by atoms with Crippen molar-refractivity contribution in [1.29, 1.82) is 0 Å². The zero-order valence-corrected chi connectivity index (χ0v) is 11.0. The summed E-state index contributed by atoms with van der Waals surface area (Å²) in [6, 6.07) is 7.85. The largest absolute Gasteiger partial charge is 0.508 e. The summed E-state index contributed by atoms with van der Waals surface area (Å²) in [5.41, 5.74) is 0.178. The molecule has 0 saturated carbocycles. The smallest absolute Gasteiger partial charge is 0.311 e. The number of benzene rings is 2. The Kier molecular flexibility index (Phi) is 3.03. The zero-order chi connectivity index (χ0) is 15.9. The van der Waals surface area contributed by atoms with Crippen LogP contribution in [0.1, 0.15) is 15.9 Å². The molecule has 1 aliphatic rings. The number of ketones is 1. The topological polar surface area (TPSA) is 110 Å². The number of rotatable bonds is 2. The first kappa shape index (κ1) is 13.6. The molecule has 0 spiro atoms. The minimum Gasteiger partial charge on any atom is -0.508 e. The lowest BCUT2D eigenvalue weighted by molar-refractivity contribution is -0.385. The van der Waals surface area contributed by atoms with E-state index in [0.29, 0.717) is 11.1 Å². The Morgan fingerprint density at radius 2 is 1.91 bits per heavy atom. The van der Waals surface area contributed by atoms with Gasteiger partial charge in [-0.1, -0.05) is 6.07 Å². The van der Waals surface area contributed by atoms with Gasteiger partial charge in [-0.25, -0.2) is 0 Å². The van der Waals surface area contributed by atoms with Gasteiger partial charge in [0.1, 0.15) is 11.5 Å². The van der Waals surface area contributed by atoms with Crippen molar-refractivity contribution in [1.82, 2.24) is 0 Å². The number of allylic oxidation sites excluding steroid dienone is 1. The van der Waals surface area contributed by atoms with Gasteiger partial charge in [0.2, 0.25) is 5.78 Å². The van der Waals surface area contributed by atoms with Crippen LogP contribution in [0.5, 0.6) is 17.2 Å². The van der Waals surface area contributed by atoms with Gasteiger partial charge >= 0.3 is 5.69 Å². The van der Waals surface area contributed by atoms with E-state index >= 15 is 0 Å². The molecule has 1 heterocycles. The maximum absolute atomic E-state index is 12.1. The Balaban J connectivity index is 1.99. The number of carbonyl (C=O) groups excluding carboxylic acids is 1. The molecule has 2 N–H and O–H groups in total. The number of fused-ring (bicyclic) bond motifs is 1. The fourth-order valence-electron chi connectivity index (χ4n) is 2.10. The summed E-state index contributed by atoms with van der Waals surface area (Å²) in [5.74, 6) is -0.664. The summed E-state index contributed by atoms with van der Waals surface area (Å²) in [5, 5.41) is 29.6. The second-order valence-electron chi connectivity index (χ2n) is 4.63. The van der Waals surface area contributed by atoms with Gasteiger partial charge < -0.3 is 14.9 Å². The van der Waals surface area contributed by atoms with Gasteiger partial charge in [-0.3, -0.25) is 14.9 Å². The number of nitro benzene ring substituents is 1. The lowest BCUT2D eigenvalue weighted by atomic mass is 10.1. The molecule has 2 aromatic carbocycles. The molecule has 0 aromatic heterocycles. The molecule has 3 rings (SSSR count). The molecule has 0 bridgehead atoms. The van der Waals surface area contributed by atoms with Gasteiger partial charge in [-0.05, 0) is 29.8 Å². The molecule has 0 radical (unpaired) electrons. The number of aromatic hydroxyl groups is 2. The highest BCUT2D eigenvalue weighted by atomic mass is 16.6.